The van der Waals surface area contributed by atoms with Crippen molar-refractivity contribution in [1.82, 2.24) is 10.4 Å². The molecule has 1 aliphatic rings. The van der Waals surface area contributed by atoms with Gasteiger partial charge in [0.15, 0.2) is 0 Å². The smallest absolute Gasteiger partial charge is 0.237 e. The minimum atomic E-state index is 0.0702. The summed E-state index contributed by atoms with van der Waals surface area (Å²) in [4.78, 5) is 10.8. The highest BCUT2D eigenvalue weighted by atomic mass is 32.0. The van der Waals surface area contributed by atoms with Crippen molar-refractivity contribution in [2.45, 2.75) is 12.5 Å². The number of carbonyl (C=O) groups excluding carboxylic acids is 1. The highest BCUT2D eigenvalue weighted by molar-refractivity contribution is 8.01. The Morgan fingerprint density at radius 2 is 2.67 bits per heavy atom. The van der Waals surface area contributed by atoms with Crippen LogP contribution in [0.5, 0.6) is 0 Å². The normalized spacial score (nSPS) is 27.7. The summed E-state index contributed by atoms with van der Waals surface area (Å²) in [6.07, 6.45) is 0.931. The Morgan fingerprint density at radius 1 is 1.89 bits per heavy atom. The van der Waals surface area contributed by atoms with Crippen LogP contribution >= 0.6 is 17.3 Å². The lowest BCUT2D eigenvalue weighted by Crippen LogP contribution is -2.30. The molecule has 1 saturated heterocycles. The molecule has 3 unspecified atom stereocenters. The van der Waals surface area contributed by atoms with Gasteiger partial charge in [-0.1, -0.05) is 8.93 Å². The Labute approximate surface area is 58.3 Å². The fourth-order valence-electron chi connectivity index (χ4n) is 0.832. The third-order valence-corrected chi connectivity index (χ3v) is 2.32. The lowest BCUT2D eigenvalue weighted by molar-refractivity contribution is -0.120. The van der Waals surface area contributed by atoms with Gasteiger partial charge in [-0.15, -0.1) is 0 Å². The number of hydrogen-bond donors (Lipinski definition) is 2. The number of nitrogens with one attached hydrogen (secondary N) is 2. The molecule has 0 saturated carbocycles. The van der Waals surface area contributed by atoms with Crippen LogP contribution in [0.3, 0.4) is 0 Å². The van der Waals surface area contributed by atoms with Crippen LogP contribution in [0.25, 0.3) is 0 Å². The number of carbonyl (C=O) groups is 1. The topological polar surface area (TPSA) is 41.1 Å². The van der Waals surface area contributed by atoms with Crippen molar-refractivity contribution < 1.29 is 4.79 Å². The second-order valence-corrected chi connectivity index (χ2v) is 3.36. The molecule has 5 heteroatoms. The van der Waals surface area contributed by atoms with E-state index in [1.54, 1.807) is 0 Å². The van der Waals surface area contributed by atoms with E-state index in [0.717, 1.165) is 13.0 Å². The van der Waals surface area contributed by atoms with Crippen LogP contribution in [0.2, 0.25) is 0 Å². The van der Waals surface area contributed by atoms with Gasteiger partial charge in [-0.3, -0.25) is 9.88 Å². The SMILES string of the molecule is O=C1NCCC1NPP. The van der Waals surface area contributed by atoms with E-state index >= 15 is 0 Å². The minimum absolute atomic E-state index is 0.0702. The summed E-state index contributed by atoms with van der Waals surface area (Å²) in [7, 11) is 3.15. The summed E-state index contributed by atoms with van der Waals surface area (Å²) in [6, 6.07) is 0.0702. The van der Waals surface area contributed by atoms with E-state index in [1.807, 2.05) is 0 Å². The van der Waals surface area contributed by atoms with E-state index in [4.69, 9.17) is 0 Å². The minimum Gasteiger partial charge on any atom is -0.355 e. The molecule has 9 heavy (non-hydrogen) atoms. The first-order valence-electron chi connectivity index (χ1n) is 2.83. The number of amides is 1. The molecule has 3 nitrogen and oxygen atoms in total. The second kappa shape index (κ2) is 3.46. The largest absolute Gasteiger partial charge is 0.355 e. The van der Waals surface area contributed by atoms with Crippen molar-refractivity contribution in [3.63, 3.8) is 0 Å². The highest BCUT2D eigenvalue weighted by Gasteiger charge is 2.21. The van der Waals surface area contributed by atoms with Crippen LogP contribution in [-0.4, -0.2) is 18.5 Å². The molecule has 1 amide bonds. The van der Waals surface area contributed by atoms with Crippen molar-refractivity contribution in [2.75, 3.05) is 6.54 Å². The first-order chi connectivity index (χ1) is 4.34. The van der Waals surface area contributed by atoms with Crippen molar-refractivity contribution in [2.24, 2.45) is 0 Å². The predicted molar refractivity (Wildman–Crippen MR) is 42.6 cm³/mol. The standard InChI is InChI=1S/C4H10N2OP2/c7-4-3(6-9-8)1-2-5-4/h3,6,9H,1-2,8H2,(H,5,7). The molecule has 0 aromatic carbocycles. The average molecular weight is 164 g/mol. The second-order valence-electron chi connectivity index (χ2n) is 1.92. The molecule has 0 spiro atoms. The first-order valence-corrected chi connectivity index (χ1v) is 5.64. The maximum absolute atomic E-state index is 10.8. The van der Waals surface area contributed by atoms with Crippen molar-refractivity contribution >= 4 is 23.3 Å². The fraction of sp³-hybridized carbons (Fsp3) is 0.750. The van der Waals surface area contributed by atoms with E-state index in [9.17, 15) is 4.79 Å². The van der Waals surface area contributed by atoms with E-state index < -0.39 is 0 Å². The monoisotopic (exact) mass is 164 g/mol. The molecule has 2 N–H and O–H groups in total. The van der Waals surface area contributed by atoms with Gasteiger partial charge in [0.1, 0.15) is 0 Å². The Bertz CT molecular complexity index is 119. The molecule has 1 aliphatic heterocycles. The summed E-state index contributed by atoms with van der Waals surface area (Å²) in [6.45, 7) is 0.825. The molecule has 1 heterocycles. The Kier molecular flexibility index (Phi) is 2.84. The zero-order valence-corrected chi connectivity index (χ0v) is 7.13. The summed E-state index contributed by atoms with van der Waals surface area (Å²) >= 11 is 0. The van der Waals surface area contributed by atoms with Gasteiger partial charge in [0.05, 0.1) is 6.04 Å². The van der Waals surface area contributed by atoms with Crippen LogP contribution in [0.1, 0.15) is 6.42 Å². The zero-order chi connectivity index (χ0) is 6.69. The van der Waals surface area contributed by atoms with Crippen LogP contribution in [-0.2, 0) is 4.79 Å². The van der Waals surface area contributed by atoms with Crippen molar-refractivity contribution in [3.05, 3.63) is 0 Å². The van der Waals surface area contributed by atoms with Gasteiger partial charge in [0, 0.05) is 6.54 Å². The summed E-state index contributed by atoms with van der Waals surface area (Å²) < 4.78 is 0. The van der Waals surface area contributed by atoms with Gasteiger partial charge < -0.3 is 5.32 Å². The third-order valence-electron chi connectivity index (χ3n) is 1.31. The molecule has 52 valence electrons. The maximum Gasteiger partial charge on any atom is 0.237 e. The van der Waals surface area contributed by atoms with Gasteiger partial charge in [-0.25, -0.2) is 0 Å². The molecule has 0 aromatic rings. The van der Waals surface area contributed by atoms with E-state index in [2.05, 4.69) is 19.3 Å². The number of hydrogen-bond acceptors (Lipinski definition) is 2. The Hall–Kier alpha value is 0.290. The molecular formula is C4H10N2OP2. The summed E-state index contributed by atoms with van der Waals surface area (Å²) in [5.74, 6) is 0.143. The molecule has 3 atom stereocenters. The quantitative estimate of drug-likeness (QED) is 0.557. The first kappa shape index (κ1) is 7.40. The third kappa shape index (κ3) is 1.86. The van der Waals surface area contributed by atoms with Crippen molar-refractivity contribution in [1.29, 1.82) is 0 Å². The van der Waals surface area contributed by atoms with Gasteiger partial charge in [-0.05, 0) is 14.8 Å². The lowest BCUT2D eigenvalue weighted by atomic mass is 10.3. The molecule has 1 fully saturated rings. The van der Waals surface area contributed by atoms with Crippen LogP contribution < -0.4 is 10.4 Å². The lowest BCUT2D eigenvalue weighted by Gasteiger charge is -2.04. The van der Waals surface area contributed by atoms with Gasteiger partial charge in [0.2, 0.25) is 5.91 Å². The van der Waals surface area contributed by atoms with E-state index in [0.29, 0.717) is 8.42 Å². The Balaban J connectivity index is 2.31. The molecule has 0 aromatic heterocycles. The zero-order valence-electron chi connectivity index (χ0n) is 4.98. The van der Waals surface area contributed by atoms with E-state index in [-0.39, 0.29) is 11.9 Å². The van der Waals surface area contributed by atoms with Gasteiger partial charge in [0.25, 0.3) is 0 Å². The molecular weight excluding hydrogens is 154 g/mol. The van der Waals surface area contributed by atoms with Crippen LogP contribution in [0.15, 0.2) is 0 Å². The van der Waals surface area contributed by atoms with E-state index in [1.165, 1.54) is 0 Å². The molecule has 0 radical (unpaired) electrons. The predicted octanol–water partition coefficient (Wildman–Crippen LogP) is -0.152. The molecule has 1 rings (SSSR count). The maximum atomic E-state index is 10.8. The van der Waals surface area contributed by atoms with Gasteiger partial charge >= 0.3 is 0 Å². The Morgan fingerprint density at radius 3 is 3.11 bits per heavy atom. The van der Waals surface area contributed by atoms with Crippen LogP contribution in [0, 0.1) is 0 Å². The highest BCUT2D eigenvalue weighted by Crippen LogP contribution is 2.16. The summed E-state index contributed by atoms with van der Waals surface area (Å²) in [5, 5.41) is 5.82. The molecule has 0 bridgehead atoms. The fourth-order valence-corrected chi connectivity index (χ4v) is 1.91. The van der Waals surface area contributed by atoms with Crippen molar-refractivity contribution in [3.8, 4) is 0 Å². The van der Waals surface area contributed by atoms with Gasteiger partial charge in [-0.2, -0.15) is 0 Å². The van der Waals surface area contributed by atoms with Crippen LogP contribution in [0.4, 0.5) is 0 Å². The summed E-state index contributed by atoms with van der Waals surface area (Å²) in [5.41, 5.74) is 0. The molecule has 0 aliphatic carbocycles. The average Bonchev–Trinajstić information content (AvgIpc) is 2.18. The number of rotatable bonds is 2.